The Morgan fingerprint density at radius 3 is 2.31 bits per heavy atom. The minimum Gasteiger partial charge on any atom is -0.378 e. The number of ether oxygens (including phenoxy) is 1. The van der Waals surface area contributed by atoms with Crippen molar-refractivity contribution in [3.05, 3.63) is 34.9 Å². The SMILES string of the molecule is CCS(=O)(=O)N1CCC(CNC(=O)c2ccc(C(F)(F)F)cc2C(F)(F)F)(CC2CCCO2)CC1. The van der Waals surface area contributed by atoms with E-state index in [4.69, 9.17) is 4.74 Å². The number of benzene rings is 1. The first-order chi connectivity index (χ1) is 16.2. The van der Waals surface area contributed by atoms with Gasteiger partial charge in [0.2, 0.25) is 10.0 Å². The molecule has 3 rings (SSSR count). The summed E-state index contributed by atoms with van der Waals surface area (Å²) in [6.07, 6.45) is -7.41. The highest BCUT2D eigenvalue weighted by atomic mass is 32.2. The molecule has 1 amide bonds. The Hall–Kier alpha value is -1.86. The fraction of sp³-hybridized carbons (Fsp3) is 0.682. The molecule has 6 nitrogen and oxygen atoms in total. The Kier molecular flexibility index (Phi) is 8.12. The van der Waals surface area contributed by atoms with Crippen molar-refractivity contribution >= 4 is 15.9 Å². The monoisotopic (exact) mass is 530 g/mol. The molecule has 1 unspecified atom stereocenters. The van der Waals surface area contributed by atoms with Crippen molar-refractivity contribution in [3.8, 4) is 0 Å². The fourth-order valence-corrected chi connectivity index (χ4v) is 5.78. The van der Waals surface area contributed by atoms with Gasteiger partial charge < -0.3 is 10.1 Å². The quantitative estimate of drug-likeness (QED) is 0.529. The topological polar surface area (TPSA) is 75.7 Å². The van der Waals surface area contributed by atoms with Crippen molar-refractivity contribution < 1.29 is 44.3 Å². The van der Waals surface area contributed by atoms with Crippen molar-refractivity contribution in [2.24, 2.45) is 5.41 Å². The van der Waals surface area contributed by atoms with Gasteiger partial charge in [-0.15, -0.1) is 0 Å². The number of carbonyl (C=O) groups excluding carboxylic acids is 1. The molecule has 2 fully saturated rings. The normalized spacial score (nSPS) is 21.7. The lowest BCUT2D eigenvalue weighted by atomic mass is 9.74. The summed E-state index contributed by atoms with van der Waals surface area (Å²) in [7, 11) is -3.41. The van der Waals surface area contributed by atoms with Gasteiger partial charge in [-0.25, -0.2) is 12.7 Å². The van der Waals surface area contributed by atoms with Crippen molar-refractivity contribution in [2.45, 2.75) is 57.5 Å². The van der Waals surface area contributed by atoms with E-state index in [0.717, 1.165) is 12.8 Å². The van der Waals surface area contributed by atoms with Crippen LogP contribution in [0.5, 0.6) is 0 Å². The molecule has 0 aromatic heterocycles. The van der Waals surface area contributed by atoms with Crippen LogP contribution in [0.2, 0.25) is 0 Å². The molecule has 0 saturated carbocycles. The lowest BCUT2D eigenvalue weighted by Crippen LogP contribution is -2.49. The van der Waals surface area contributed by atoms with E-state index in [2.05, 4.69) is 5.32 Å². The van der Waals surface area contributed by atoms with Crippen LogP contribution < -0.4 is 5.32 Å². The molecule has 1 N–H and O–H groups in total. The zero-order valence-corrected chi connectivity index (χ0v) is 20.0. The van der Waals surface area contributed by atoms with Crippen LogP contribution in [0.4, 0.5) is 26.3 Å². The maximum atomic E-state index is 13.5. The smallest absolute Gasteiger partial charge is 0.378 e. The van der Waals surface area contributed by atoms with Gasteiger partial charge in [0.05, 0.1) is 28.5 Å². The number of hydrogen-bond donors (Lipinski definition) is 1. The summed E-state index contributed by atoms with van der Waals surface area (Å²) in [6, 6.07) is 0.912. The van der Waals surface area contributed by atoms with Gasteiger partial charge in [-0.2, -0.15) is 26.3 Å². The van der Waals surface area contributed by atoms with E-state index < -0.39 is 50.4 Å². The van der Waals surface area contributed by atoms with Crippen molar-refractivity contribution in [2.75, 3.05) is 32.0 Å². The maximum absolute atomic E-state index is 13.5. The van der Waals surface area contributed by atoms with Crippen LogP contribution in [0.25, 0.3) is 0 Å². The summed E-state index contributed by atoms with van der Waals surface area (Å²) in [5.74, 6) is -1.20. The molecular formula is C22H28F6N2O4S. The van der Waals surface area contributed by atoms with Gasteiger partial charge in [0.1, 0.15) is 0 Å². The zero-order valence-electron chi connectivity index (χ0n) is 19.1. The van der Waals surface area contributed by atoms with Gasteiger partial charge in [-0.05, 0) is 62.6 Å². The largest absolute Gasteiger partial charge is 0.417 e. The highest BCUT2D eigenvalue weighted by molar-refractivity contribution is 7.89. The molecule has 0 bridgehead atoms. The van der Waals surface area contributed by atoms with E-state index in [1.165, 1.54) is 11.2 Å². The first-order valence-corrected chi connectivity index (χ1v) is 12.9. The van der Waals surface area contributed by atoms with E-state index in [1.807, 2.05) is 0 Å². The van der Waals surface area contributed by atoms with E-state index in [9.17, 15) is 39.6 Å². The number of nitrogens with one attached hydrogen (secondary N) is 1. The molecule has 13 heteroatoms. The second-order valence-corrected chi connectivity index (χ2v) is 11.3. The summed E-state index contributed by atoms with van der Waals surface area (Å²) in [6.45, 7) is 2.46. The summed E-state index contributed by atoms with van der Waals surface area (Å²) < 4.78 is 111. The molecule has 198 valence electrons. The molecule has 0 spiro atoms. The lowest BCUT2D eigenvalue weighted by Gasteiger charge is -2.42. The fourth-order valence-electron chi connectivity index (χ4n) is 4.68. The Morgan fingerprint density at radius 1 is 1.14 bits per heavy atom. The van der Waals surface area contributed by atoms with Gasteiger partial charge in [0, 0.05) is 26.2 Å². The standard InChI is InChI=1S/C22H28F6N2O4S/c1-2-35(32,33)30-9-7-20(8-10-30,13-16-4-3-11-34-16)14-29-19(31)17-6-5-15(21(23,24)25)12-18(17)22(26,27)28/h5-6,12,16H,2-4,7-11,13-14H2,1H3,(H,29,31). The third kappa shape index (κ3) is 6.67. The highest BCUT2D eigenvalue weighted by Crippen LogP contribution is 2.40. The maximum Gasteiger partial charge on any atom is 0.417 e. The van der Waals surface area contributed by atoms with Crippen LogP contribution >= 0.6 is 0 Å². The third-order valence-corrected chi connectivity index (χ3v) is 8.63. The molecule has 1 aromatic rings. The molecule has 1 aromatic carbocycles. The molecule has 2 saturated heterocycles. The molecule has 2 heterocycles. The number of rotatable bonds is 7. The predicted molar refractivity (Wildman–Crippen MR) is 115 cm³/mol. The minimum absolute atomic E-state index is 0.0516. The number of halogens is 6. The summed E-state index contributed by atoms with van der Waals surface area (Å²) >= 11 is 0. The molecule has 35 heavy (non-hydrogen) atoms. The third-order valence-electron chi connectivity index (χ3n) is 6.75. The first-order valence-electron chi connectivity index (χ1n) is 11.3. The molecule has 2 aliphatic heterocycles. The van der Waals surface area contributed by atoms with E-state index in [0.29, 0.717) is 38.0 Å². The number of carbonyl (C=O) groups is 1. The van der Waals surface area contributed by atoms with Crippen LogP contribution in [-0.4, -0.2) is 56.7 Å². The van der Waals surface area contributed by atoms with Crippen LogP contribution in [0.15, 0.2) is 18.2 Å². The summed E-state index contributed by atoms with van der Waals surface area (Å²) in [5.41, 5.74) is -4.68. The average Bonchev–Trinajstić information content (AvgIpc) is 3.29. The number of hydrogen-bond acceptors (Lipinski definition) is 4. The molecule has 1 atom stereocenters. The van der Waals surface area contributed by atoms with Crippen molar-refractivity contribution in [1.82, 2.24) is 9.62 Å². The Balaban J connectivity index is 1.80. The van der Waals surface area contributed by atoms with E-state index >= 15 is 0 Å². The number of piperidine rings is 1. The van der Waals surface area contributed by atoms with Gasteiger partial charge in [0.25, 0.3) is 5.91 Å². The Labute approximate surface area is 200 Å². The predicted octanol–water partition coefficient (Wildman–Crippen LogP) is 4.46. The number of sulfonamides is 1. The minimum atomic E-state index is -5.16. The van der Waals surface area contributed by atoms with E-state index in [-0.39, 0.29) is 37.6 Å². The molecule has 0 aliphatic carbocycles. The molecule has 2 aliphatic rings. The second kappa shape index (κ2) is 10.3. The Bertz CT molecular complexity index is 1010. The summed E-state index contributed by atoms with van der Waals surface area (Å²) in [4.78, 5) is 12.7. The second-order valence-electron chi connectivity index (χ2n) is 9.08. The zero-order chi connectivity index (χ0) is 26.1. The number of amides is 1. The van der Waals surface area contributed by atoms with Gasteiger partial charge in [-0.1, -0.05) is 0 Å². The van der Waals surface area contributed by atoms with Gasteiger partial charge in [-0.3, -0.25) is 4.79 Å². The number of nitrogens with zero attached hydrogens (tertiary/aromatic N) is 1. The van der Waals surface area contributed by atoms with Gasteiger partial charge in [0.15, 0.2) is 0 Å². The summed E-state index contributed by atoms with van der Waals surface area (Å²) in [5, 5.41) is 2.48. The first kappa shape index (κ1) is 27.7. The van der Waals surface area contributed by atoms with Gasteiger partial charge >= 0.3 is 12.4 Å². The average molecular weight is 531 g/mol. The number of alkyl halides is 6. The van der Waals surface area contributed by atoms with Crippen LogP contribution in [0, 0.1) is 5.41 Å². The Morgan fingerprint density at radius 2 is 1.80 bits per heavy atom. The highest BCUT2D eigenvalue weighted by Gasteiger charge is 2.42. The lowest BCUT2D eigenvalue weighted by molar-refractivity contribution is -0.143. The molecular weight excluding hydrogens is 502 g/mol. The molecule has 0 radical (unpaired) electrons. The van der Waals surface area contributed by atoms with Crippen LogP contribution in [-0.2, 0) is 27.1 Å². The van der Waals surface area contributed by atoms with E-state index in [1.54, 1.807) is 0 Å². The van der Waals surface area contributed by atoms with Crippen molar-refractivity contribution in [1.29, 1.82) is 0 Å². The van der Waals surface area contributed by atoms with Crippen LogP contribution in [0.3, 0.4) is 0 Å². The van der Waals surface area contributed by atoms with Crippen LogP contribution in [0.1, 0.15) is 60.5 Å². The van der Waals surface area contributed by atoms with Crippen molar-refractivity contribution in [3.63, 3.8) is 0 Å².